The average Bonchev–Trinajstić information content (AvgIpc) is 2.46. The van der Waals surface area contributed by atoms with Crippen LogP contribution in [-0.4, -0.2) is 43.3 Å². The van der Waals surface area contributed by atoms with Crippen molar-refractivity contribution < 1.29 is 19.4 Å². The Morgan fingerprint density at radius 1 is 1.40 bits per heavy atom. The Morgan fingerprint density at radius 2 is 2.15 bits per heavy atom. The van der Waals surface area contributed by atoms with E-state index in [1.165, 1.54) is 0 Å². The minimum atomic E-state index is -0.832. The van der Waals surface area contributed by atoms with Crippen LogP contribution < -0.4 is 14.8 Å². The van der Waals surface area contributed by atoms with Gasteiger partial charge in [0.1, 0.15) is 17.5 Å². The van der Waals surface area contributed by atoms with Gasteiger partial charge in [0.2, 0.25) is 0 Å². The van der Waals surface area contributed by atoms with Gasteiger partial charge in [0.15, 0.2) is 0 Å². The standard InChI is InChI=1S/C14H21NO4S/c1-18-11-4-5-13(19-2)10(8-11)9-15-12(14(16)17)6-7-20-3/h4-5,8,12,15H,6-7,9H2,1-3H3,(H,16,17)/t12-/m0/s1. The maximum Gasteiger partial charge on any atom is 0.320 e. The van der Waals surface area contributed by atoms with Gasteiger partial charge in [-0.3, -0.25) is 4.79 Å². The number of carboxylic acids is 1. The summed E-state index contributed by atoms with van der Waals surface area (Å²) in [4.78, 5) is 11.2. The number of thioether (sulfide) groups is 1. The van der Waals surface area contributed by atoms with Crippen LogP contribution in [0.15, 0.2) is 18.2 Å². The molecule has 1 aromatic rings. The highest BCUT2D eigenvalue weighted by atomic mass is 32.2. The number of carbonyl (C=O) groups is 1. The van der Waals surface area contributed by atoms with Crippen molar-refractivity contribution in [1.29, 1.82) is 0 Å². The highest BCUT2D eigenvalue weighted by molar-refractivity contribution is 7.98. The number of rotatable bonds is 9. The number of hydrogen-bond donors (Lipinski definition) is 2. The van der Waals surface area contributed by atoms with Crippen LogP contribution in [0.2, 0.25) is 0 Å². The van der Waals surface area contributed by atoms with Crippen molar-refractivity contribution >= 4 is 17.7 Å². The van der Waals surface area contributed by atoms with Crippen LogP contribution >= 0.6 is 11.8 Å². The fourth-order valence-electron chi connectivity index (χ4n) is 1.80. The first-order chi connectivity index (χ1) is 9.62. The molecule has 0 aliphatic carbocycles. The molecule has 1 aromatic carbocycles. The van der Waals surface area contributed by atoms with Gasteiger partial charge in [-0.25, -0.2) is 0 Å². The molecular formula is C14H21NO4S. The molecule has 20 heavy (non-hydrogen) atoms. The fourth-order valence-corrected chi connectivity index (χ4v) is 2.27. The van der Waals surface area contributed by atoms with Gasteiger partial charge in [0.05, 0.1) is 14.2 Å². The van der Waals surface area contributed by atoms with E-state index in [4.69, 9.17) is 9.47 Å². The van der Waals surface area contributed by atoms with Gasteiger partial charge in [0.25, 0.3) is 0 Å². The molecule has 0 saturated carbocycles. The quantitative estimate of drug-likeness (QED) is 0.727. The summed E-state index contributed by atoms with van der Waals surface area (Å²) in [6.45, 7) is 0.422. The third kappa shape index (κ3) is 4.94. The van der Waals surface area contributed by atoms with Crippen molar-refractivity contribution in [3.8, 4) is 11.5 Å². The molecule has 0 aromatic heterocycles. The molecule has 1 rings (SSSR count). The van der Waals surface area contributed by atoms with Crippen molar-refractivity contribution in [1.82, 2.24) is 5.32 Å². The molecule has 0 amide bonds. The first-order valence-electron chi connectivity index (χ1n) is 6.28. The van der Waals surface area contributed by atoms with Crippen LogP contribution in [0.3, 0.4) is 0 Å². The van der Waals surface area contributed by atoms with Crippen LogP contribution in [0.1, 0.15) is 12.0 Å². The predicted molar refractivity (Wildman–Crippen MR) is 80.8 cm³/mol. The number of ether oxygens (including phenoxy) is 2. The lowest BCUT2D eigenvalue weighted by Crippen LogP contribution is -2.36. The second kappa shape index (κ2) is 8.71. The van der Waals surface area contributed by atoms with E-state index in [1.54, 1.807) is 26.0 Å². The molecule has 112 valence electrons. The number of benzene rings is 1. The molecule has 0 fully saturated rings. The van der Waals surface area contributed by atoms with Crippen molar-refractivity contribution in [2.75, 3.05) is 26.2 Å². The van der Waals surface area contributed by atoms with Crippen molar-refractivity contribution in [2.45, 2.75) is 19.0 Å². The highest BCUT2D eigenvalue weighted by Crippen LogP contribution is 2.23. The zero-order valence-electron chi connectivity index (χ0n) is 12.0. The minimum Gasteiger partial charge on any atom is -0.497 e. The summed E-state index contributed by atoms with van der Waals surface area (Å²) in [5, 5.41) is 12.2. The Bertz CT molecular complexity index is 439. The van der Waals surface area contributed by atoms with Gasteiger partial charge < -0.3 is 19.9 Å². The molecule has 0 radical (unpaired) electrons. The summed E-state index contributed by atoms with van der Waals surface area (Å²) in [5.41, 5.74) is 0.877. The average molecular weight is 299 g/mol. The van der Waals surface area contributed by atoms with Gasteiger partial charge in [0, 0.05) is 12.1 Å². The smallest absolute Gasteiger partial charge is 0.320 e. The number of nitrogens with one attached hydrogen (secondary N) is 1. The van der Waals surface area contributed by atoms with E-state index in [-0.39, 0.29) is 0 Å². The topological polar surface area (TPSA) is 67.8 Å². The first kappa shape index (κ1) is 16.7. The molecule has 0 spiro atoms. The Balaban J connectivity index is 2.73. The zero-order chi connectivity index (χ0) is 15.0. The van der Waals surface area contributed by atoms with Gasteiger partial charge in [-0.1, -0.05) is 0 Å². The summed E-state index contributed by atoms with van der Waals surface area (Å²) >= 11 is 1.63. The molecule has 0 aliphatic heterocycles. The maximum absolute atomic E-state index is 11.2. The van der Waals surface area contributed by atoms with E-state index in [0.29, 0.717) is 18.7 Å². The summed E-state index contributed by atoms with van der Waals surface area (Å²) < 4.78 is 10.4. The SMILES string of the molecule is COc1ccc(OC)c(CN[C@@H](CCSC)C(=O)O)c1. The number of carboxylic acid groups (broad SMARTS) is 1. The molecule has 0 saturated heterocycles. The first-order valence-corrected chi connectivity index (χ1v) is 7.67. The van der Waals surface area contributed by atoms with Gasteiger partial charge in [-0.2, -0.15) is 11.8 Å². The van der Waals surface area contributed by atoms with Crippen LogP contribution in [0.5, 0.6) is 11.5 Å². The van der Waals surface area contributed by atoms with Gasteiger partial charge >= 0.3 is 5.97 Å². The number of methoxy groups -OCH3 is 2. The lowest BCUT2D eigenvalue weighted by atomic mass is 10.1. The normalized spacial score (nSPS) is 11.9. The zero-order valence-corrected chi connectivity index (χ0v) is 12.8. The number of hydrogen-bond acceptors (Lipinski definition) is 5. The Labute approximate surface area is 123 Å². The van der Waals surface area contributed by atoms with E-state index in [1.807, 2.05) is 24.5 Å². The molecule has 0 heterocycles. The molecule has 0 aliphatic rings. The van der Waals surface area contributed by atoms with E-state index >= 15 is 0 Å². The molecule has 1 atom stereocenters. The number of aliphatic carboxylic acids is 1. The Morgan fingerprint density at radius 3 is 2.70 bits per heavy atom. The summed E-state index contributed by atoms with van der Waals surface area (Å²) in [5.74, 6) is 1.41. The van der Waals surface area contributed by atoms with Crippen LogP contribution in [0.4, 0.5) is 0 Å². The molecule has 0 unspecified atom stereocenters. The maximum atomic E-state index is 11.2. The molecule has 6 heteroatoms. The summed E-state index contributed by atoms with van der Waals surface area (Å²) in [6, 6.07) is 4.91. The summed E-state index contributed by atoms with van der Waals surface area (Å²) in [7, 11) is 3.19. The largest absolute Gasteiger partial charge is 0.497 e. The van der Waals surface area contributed by atoms with E-state index in [9.17, 15) is 9.90 Å². The van der Waals surface area contributed by atoms with E-state index in [2.05, 4.69) is 5.32 Å². The molecule has 5 nitrogen and oxygen atoms in total. The minimum absolute atomic E-state index is 0.422. The van der Waals surface area contributed by atoms with Gasteiger partial charge in [-0.15, -0.1) is 0 Å². The van der Waals surface area contributed by atoms with Crippen molar-refractivity contribution in [2.24, 2.45) is 0 Å². The Hall–Kier alpha value is -1.40. The molecule has 2 N–H and O–H groups in total. The lowest BCUT2D eigenvalue weighted by Gasteiger charge is -2.16. The summed E-state index contributed by atoms with van der Waals surface area (Å²) in [6.07, 6.45) is 2.55. The van der Waals surface area contributed by atoms with E-state index < -0.39 is 12.0 Å². The predicted octanol–water partition coefficient (Wildman–Crippen LogP) is 2.00. The third-order valence-corrected chi connectivity index (χ3v) is 3.58. The van der Waals surface area contributed by atoms with Gasteiger partial charge in [-0.05, 0) is 36.6 Å². The fraction of sp³-hybridized carbons (Fsp3) is 0.500. The second-order valence-corrected chi connectivity index (χ2v) is 5.22. The third-order valence-electron chi connectivity index (χ3n) is 2.94. The second-order valence-electron chi connectivity index (χ2n) is 4.23. The molecule has 0 bridgehead atoms. The molecular weight excluding hydrogens is 278 g/mol. The lowest BCUT2D eigenvalue weighted by molar-refractivity contribution is -0.139. The monoisotopic (exact) mass is 299 g/mol. The van der Waals surface area contributed by atoms with Crippen LogP contribution in [-0.2, 0) is 11.3 Å². The van der Waals surface area contributed by atoms with Crippen LogP contribution in [0.25, 0.3) is 0 Å². The van der Waals surface area contributed by atoms with Crippen LogP contribution in [0, 0.1) is 0 Å². The van der Waals surface area contributed by atoms with Crippen molar-refractivity contribution in [3.05, 3.63) is 23.8 Å². The Kier molecular flexibility index (Phi) is 7.25. The highest BCUT2D eigenvalue weighted by Gasteiger charge is 2.17. The van der Waals surface area contributed by atoms with E-state index in [0.717, 1.165) is 17.1 Å². The van der Waals surface area contributed by atoms with Crippen molar-refractivity contribution in [3.63, 3.8) is 0 Å².